The molecule has 0 atom stereocenters. The van der Waals surface area contributed by atoms with E-state index < -0.39 is 0 Å². The minimum Gasteiger partial charge on any atom is -0.466 e. The van der Waals surface area contributed by atoms with E-state index in [2.05, 4.69) is 30.3 Å². The number of esters is 1. The number of hydrogen-bond donors (Lipinski definition) is 0. The van der Waals surface area contributed by atoms with Gasteiger partial charge in [-0.05, 0) is 26.2 Å². The van der Waals surface area contributed by atoms with Gasteiger partial charge < -0.3 is 4.74 Å². The molecule has 0 aromatic heterocycles. The summed E-state index contributed by atoms with van der Waals surface area (Å²) >= 11 is 0. The summed E-state index contributed by atoms with van der Waals surface area (Å²) in [7, 11) is 0. The van der Waals surface area contributed by atoms with Gasteiger partial charge in [-0.1, -0.05) is 37.2 Å². The molecule has 0 bridgehead atoms. The number of carbonyl (C=O) groups is 1. The van der Waals surface area contributed by atoms with Gasteiger partial charge in [0.2, 0.25) is 0 Å². The van der Waals surface area contributed by atoms with Crippen molar-refractivity contribution in [2.24, 2.45) is 5.41 Å². The lowest BCUT2D eigenvalue weighted by Gasteiger charge is -2.33. The lowest BCUT2D eigenvalue weighted by molar-refractivity contribution is -0.157. The monoisotopic (exact) mass is 286 g/mol. The standard InChI is InChI=1S/C19H26O2/c1-3-5-6-7-8-9-10-12-15-19(18(20)21-4-2)16-13-11-14-17-19/h3H,1,4-6,9,11,13-17H2,2H3. The highest BCUT2D eigenvalue weighted by Crippen LogP contribution is 2.40. The predicted octanol–water partition coefficient (Wildman–Crippen LogP) is 4.25. The van der Waals surface area contributed by atoms with Gasteiger partial charge in [0.05, 0.1) is 18.4 Å². The third kappa shape index (κ3) is 6.09. The fraction of sp³-hybridized carbons (Fsp3) is 0.632. The third-order valence-electron chi connectivity index (χ3n) is 3.85. The van der Waals surface area contributed by atoms with Gasteiger partial charge in [-0.2, -0.15) is 0 Å². The molecule has 0 aliphatic heterocycles. The van der Waals surface area contributed by atoms with Gasteiger partial charge >= 0.3 is 5.97 Å². The molecule has 1 aliphatic rings. The van der Waals surface area contributed by atoms with E-state index >= 15 is 0 Å². The van der Waals surface area contributed by atoms with Gasteiger partial charge in [0.15, 0.2) is 0 Å². The summed E-state index contributed by atoms with van der Waals surface area (Å²) in [6, 6.07) is 0. The Labute approximate surface area is 129 Å². The van der Waals surface area contributed by atoms with Crippen LogP contribution in [0.25, 0.3) is 0 Å². The Hall–Kier alpha value is -1.67. The van der Waals surface area contributed by atoms with E-state index in [-0.39, 0.29) is 11.4 Å². The van der Waals surface area contributed by atoms with E-state index in [1.165, 1.54) is 6.42 Å². The molecule has 1 saturated carbocycles. The first-order valence-corrected chi connectivity index (χ1v) is 7.95. The number of rotatable bonds is 5. The van der Waals surface area contributed by atoms with Crippen LogP contribution in [0.2, 0.25) is 0 Å². The molecule has 0 unspecified atom stereocenters. The van der Waals surface area contributed by atoms with Crippen molar-refractivity contribution in [1.82, 2.24) is 0 Å². The third-order valence-corrected chi connectivity index (χ3v) is 3.85. The molecule has 1 fully saturated rings. The van der Waals surface area contributed by atoms with Gasteiger partial charge in [-0.15, -0.1) is 18.4 Å². The van der Waals surface area contributed by atoms with Crippen molar-refractivity contribution in [1.29, 1.82) is 0 Å². The smallest absolute Gasteiger partial charge is 0.313 e. The Balaban J connectivity index is 2.51. The van der Waals surface area contributed by atoms with Gasteiger partial charge in [-0.25, -0.2) is 0 Å². The van der Waals surface area contributed by atoms with Gasteiger partial charge in [0.25, 0.3) is 0 Å². The van der Waals surface area contributed by atoms with Crippen LogP contribution in [-0.2, 0) is 9.53 Å². The second-order valence-corrected chi connectivity index (χ2v) is 5.45. The molecule has 0 aromatic carbocycles. The van der Waals surface area contributed by atoms with E-state index in [0.29, 0.717) is 19.4 Å². The fourth-order valence-corrected chi connectivity index (χ4v) is 2.63. The Morgan fingerprint density at radius 2 is 1.90 bits per heavy atom. The molecule has 2 nitrogen and oxygen atoms in total. The first-order chi connectivity index (χ1) is 10.2. The van der Waals surface area contributed by atoms with Gasteiger partial charge in [0, 0.05) is 12.8 Å². The maximum atomic E-state index is 12.2. The van der Waals surface area contributed by atoms with Gasteiger partial charge in [0.1, 0.15) is 0 Å². The molecule has 0 radical (unpaired) electrons. The largest absolute Gasteiger partial charge is 0.466 e. The molecule has 0 spiro atoms. The van der Waals surface area contributed by atoms with Crippen LogP contribution in [0.5, 0.6) is 0 Å². The highest BCUT2D eigenvalue weighted by Gasteiger charge is 2.40. The summed E-state index contributed by atoms with van der Waals surface area (Å²) in [6.45, 7) is 5.97. The molecule has 1 aliphatic carbocycles. The summed E-state index contributed by atoms with van der Waals surface area (Å²) in [6.07, 6.45) is 10.1. The number of unbranched alkanes of at least 4 members (excludes halogenated alkanes) is 1. The maximum absolute atomic E-state index is 12.2. The van der Waals surface area contributed by atoms with Crippen LogP contribution in [0.15, 0.2) is 12.7 Å². The van der Waals surface area contributed by atoms with E-state index in [1.54, 1.807) is 0 Å². The van der Waals surface area contributed by atoms with Crippen molar-refractivity contribution in [3.63, 3.8) is 0 Å². The van der Waals surface area contributed by atoms with Crippen LogP contribution in [0.4, 0.5) is 0 Å². The molecule has 1 rings (SSSR count). The number of ether oxygens (including phenoxy) is 1. The van der Waals surface area contributed by atoms with Crippen molar-refractivity contribution in [3.8, 4) is 23.7 Å². The topological polar surface area (TPSA) is 26.3 Å². The Morgan fingerprint density at radius 3 is 2.57 bits per heavy atom. The minimum absolute atomic E-state index is 0.0592. The maximum Gasteiger partial charge on any atom is 0.313 e. The van der Waals surface area contributed by atoms with E-state index in [9.17, 15) is 4.79 Å². The van der Waals surface area contributed by atoms with Crippen molar-refractivity contribution < 1.29 is 9.53 Å². The quantitative estimate of drug-likeness (QED) is 0.327. The van der Waals surface area contributed by atoms with Crippen molar-refractivity contribution in [3.05, 3.63) is 12.7 Å². The normalized spacial score (nSPS) is 15.9. The summed E-state index contributed by atoms with van der Waals surface area (Å²) in [4.78, 5) is 12.2. The zero-order valence-electron chi connectivity index (χ0n) is 13.2. The fourth-order valence-electron chi connectivity index (χ4n) is 2.63. The first kappa shape index (κ1) is 17.4. The Kier molecular flexibility index (Phi) is 8.37. The van der Waals surface area contributed by atoms with Crippen LogP contribution in [0, 0.1) is 29.1 Å². The lowest BCUT2D eigenvalue weighted by atomic mass is 9.72. The highest BCUT2D eigenvalue weighted by atomic mass is 16.5. The first-order valence-electron chi connectivity index (χ1n) is 7.95. The number of carbonyl (C=O) groups excluding carboxylic acids is 1. The van der Waals surface area contributed by atoms with Crippen LogP contribution >= 0.6 is 0 Å². The number of allylic oxidation sites excluding steroid dienone is 1. The summed E-state index contributed by atoms with van der Waals surface area (Å²) < 4.78 is 5.26. The van der Waals surface area contributed by atoms with Crippen LogP contribution < -0.4 is 0 Å². The molecule has 0 N–H and O–H groups in total. The zero-order chi connectivity index (χ0) is 15.4. The molecular formula is C19H26O2. The Morgan fingerprint density at radius 1 is 1.19 bits per heavy atom. The molecule has 0 saturated heterocycles. The summed E-state index contributed by atoms with van der Waals surface area (Å²) in [5, 5.41) is 0. The SMILES string of the molecule is C=CCCC#CCC#CCC1(C(=O)OCC)CCCCC1. The second-order valence-electron chi connectivity index (χ2n) is 5.45. The molecular weight excluding hydrogens is 260 g/mol. The lowest BCUT2D eigenvalue weighted by Crippen LogP contribution is -2.34. The molecule has 0 aromatic rings. The predicted molar refractivity (Wildman–Crippen MR) is 86.4 cm³/mol. The molecule has 0 heterocycles. The molecule has 114 valence electrons. The van der Waals surface area contributed by atoms with E-state index in [0.717, 1.165) is 38.5 Å². The Bertz CT molecular complexity index is 447. The van der Waals surface area contributed by atoms with Crippen molar-refractivity contribution in [2.75, 3.05) is 6.61 Å². The highest BCUT2D eigenvalue weighted by molar-refractivity contribution is 5.77. The van der Waals surface area contributed by atoms with Crippen LogP contribution in [0.3, 0.4) is 0 Å². The minimum atomic E-state index is -0.364. The second kappa shape index (κ2) is 10.1. The molecule has 21 heavy (non-hydrogen) atoms. The summed E-state index contributed by atoms with van der Waals surface area (Å²) in [5.74, 6) is 12.3. The molecule has 0 amide bonds. The van der Waals surface area contributed by atoms with Crippen molar-refractivity contribution in [2.45, 2.75) is 64.7 Å². The average molecular weight is 286 g/mol. The summed E-state index contributed by atoms with van der Waals surface area (Å²) in [5.41, 5.74) is -0.364. The molecule has 2 heteroatoms. The zero-order valence-corrected chi connectivity index (χ0v) is 13.2. The van der Waals surface area contributed by atoms with Crippen molar-refractivity contribution >= 4 is 5.97 Å². The van der Waals surface area contributed by atoms with Crippen LogP contribution in [0.1, 0.15) is 64.7 Å². The number of hydrogen-bond acceptors (Lipinski definition) is 2. The average Bonchev–Trinajstić information content (AvgIpc) is 2.51. The van der Waals surface area contributed by atoms with Crippen LogP contribution in [-0.4, -0.2) is 12.6 Å². The van der Waals surface area contributed by atoms with Gasteiger partial charge in [-0.3, -0.25) is 4.79 Å². The van der Waals surface area contributed by atoms with E-state index in [1.807, 2.05) is 13.0 Å². The van der Waals surface area contributed by atoms with E-state index in [4.69, 9.17) is 4.74 Å².